The molecule has 0 amide bonds. The summed E-state index contributed by atoms with van der Waals surface area (Å²) >= 11 is 0. The lowest BCUT2D eigenvalue weighted by Crippen LogP contribution is -2.67. The van der Waals surface area contributed by atoms with Gasteiger partial charge in [0.15, 0.2) is 0 Å². The summed E-state index contributed by atoms with van der Waals surface area (Å²) in [5, 5.41) is 2.03. The summed E-state index contributed by atoms with van der Waals surface area (Å²) in [5.41, 5.74) is -0.692. The largest absolute Gasteiger partial charge is 0.459 e. The molecule has 1 aliphatic heterocycles. The summed E-state index contributed by atoms with van der Waals surface area (Å²) in [6, 6.07) is 20.5. The molecule has 2 atom stereocenters. The van der Waals surface area contributed by atoms with Gasteiger partial charge in [0.1, 0.15) is 11.8 Å². The second-order valence-corrected chi connectivity index (χ2v) is 15.7. The van der Waals surface area contributed by atoms with Crippen LogP contribution < -0.4 is 10.4 Å². The average Bonchev–Trinajstić information content (AvgIpc) is 3.16. The van der Waals surface area contributed by atoms with E-state index in [1.54, 1.807) is 13.8 Å². The number of cyclic esters (lactones) is 1. The van der Waals surface area contributed by atoms with E-state index >= 15 is 0 Å². The van der Waals surface area contributed by atoms with Gasteiger partial charge in [-0.2, -0.15) is 0 Å². The Morgan fingerprint density at radius 2 is 1.42 bits per heavy atom. The van der Waals surface area contributed by atoms with Crippen LogP contribution in [-0.2, 0) is 27.6 Å². The molecule has 2 aromatic carbocycles. The molecule has 180 valence electrons. The van der Waals surface area contributed by atoms with Gasteiger partial charge in [-0.3, -0.25) is 9.36 Å². The SMILES string of the molecule is CCOP(=O)(OCC)[C@H]1CC(=O)O[C@@H]1CO[Si](c1ccccc1)(c1ccccc1)C(C)(C)C. The standard InChI is InChI=1S/C25H35O6PSi/c1-6-28-32(27,29-7-2)23-18-24(26)31-22(23)19-30-33(25(3,4)5,20-14-10-8-11-15-20)21-16-12-9-13-17-21/h8-17,22-23H,6-7,18-19H2,1-5H3/t22-,23+/m1/s1. The van der Waals surface area contributed by atoms with Gasteiger partial charge in [0.05, 0.1) is 26.2 Å². The van der Waals surface area contributed by atoms with E-state index in [-0.39, 0.29) is 31.3 Å². The summed E-state index contributed by atoms with van der Waals surface area (Å²) in [7, 11) is -6.36. The van der Waals surface area contributed by atoms with E-state index in [2.05, 4.69) is 45.0 Å². The second kappa shape index (κ2) is 10.7. The van der Waals surface area contributed by atoms with Gasteiger partial charge in [-0.15, -0.1) is 0 Å². The molecule has 8 heteroatoms. The fraction of sp³-hybridized carbons (Fsp3) is 0.480. The van der Waals surface area contributed by atoms with Crippen LogP contribution in [0, 0.1) is 0 Å². The maximum Gasteiger partial charge on any atom is 0.338 e. The van der Waals surface area contributed by atoms with Gasteiger partial charge in [-0.25, -0.2) is 0 Å². The van der Waals surface area contributed by atoms with E-state index in [1.165, 1.54) is 0 Å². The third kappa shape index (κ3) is 5.33. The van der Waals surface area contributed by atoms with Crippen molar-refractivity contribution in [2.75, 3.05) is 19.8 Å². The van der Waals surface area contributed by atoms with Crippen LogP contribution in [0.15, 0.2) is 60.7 Å². The molecule has 0 saturated carbocycles. The molecule has 33 heavy (non-hydrogen) atoms. The lowest BCUT2D eigenvalue weighted by molar-refractivity contribution is -0.142. The van der Waals surface area contributed by atoms with Gasteiger partial charge in [0.25, 0.3) is 8.32 Å². The number of carbonyl (C=O) groups is 1. The number of hydrogen-bond donors (Lipinski definition) is 0. The Balaban J connectivity index is 2.02. The van der Waals surface area contributed by atoms with Crippen molar-refractivity contribution in [3.8, 4) is 0 Å². The predicted molar refractivity (Wildman–Crippen MR) is 133 cm³/mol. The lowest BCUT2D eigenvalue weighted by atomic mass is 10.2. The van der Waals surface area contributed by atoms with E-state index in [4.69, 9.17) is 18.2 Å². The third-order valence-corrected chi connectivity index (χ3v) is 13.6. The monoisotopic (exact) mass is 490 g/mol. The van der Waals surface area contributed by atoms with E-state index < -0.39 is 33.6 Å². The second-order valence-electron chi connectivity index (χ2n) is 9.15. The van der Waals surface area contributed by atoms with Crippen LogP contribution in [0.3, 0.4) is 0 Å². The van der Waals surface area contributed by atoms with Gasteiger partial charge in [0.2, 0.25) is 0 Å². The fourth-order valence-electron chi connectivity index (χ4n) is 4.62. The van der Waals surface area contributed by atoms with Crippen molar-refractivity contribution >= 4 is 32.3 Å². The molecule has 2 aromatic rings. The Bertz CT molecular complexity index is 910. The Labute approximate surface area is 198 Å². The maximum atomic E-state index is 13.5. The molecule has 1 saturated heterocycles. The zero-order valence-corrected chi connectivity index (χ0v) is 22.0. The van der Waals surface area contributed by atoms with Crippen LogP contribution in [0.25, 0.3) is 0 Å². The lowest BCUT2D eigenvalue weighted by Gasteiger charge is -2.43. The molecule has 0 unspecified atom stereocenters. The van der Waals surface area contributed by atoms with Crippen LogP contribution in [0.4, 0.5) is 0 Å². The Morgan fingerprint density at radius 3 is 1.85 bits per heavy atom. The van der Waals surface area contributed by atoms with Gasteiger partial charge in [-0.1, -0.05) is 81.4 Å². The highest BCUT2D eigenvalue weighted by Crippen LogP contribution is 2.57. The van der Waals surface area contributed by atoms with E-state index in [9.17, 15) is 9.36 Å². The Morgan fingerprint density at radius 1 is 0.939 bits per heavy atom. The topological polar surface area (TPSA) is 71.1 Å². The van der Waals surface area contributed by atoms with Crippen LogP contribution in [0.5, 0.6) is 0 Å². The van der Waals surface area contributed by atoms with E-state index in [0.717, 1.165) is 10.4 Å². The van der Waals surface area contributed by atoms with Gasteiger partial charge >= 0.3 is 13.6 Å². The van der Waals surface area contributed by atoms with Crippen LogP contribution >= 0.6 is 7.60 Å². The van der Waals surface area contributed by atoms with Crippen molar-refractivity contribution in [2.45, 2.75) is 57.8 Å². The van der Waals surface area contributed by atoms with Crippen molar-refractivity contribution < 1.29 is 27.6 Å². The van der Waals surface area contributed by atoms with Crippen molar-refractivity contribution in [1.29, 1.82) is 0 Å². The molecule has 1 fully saturated rings. The van der Waals surface area contributed by atoms with Crippen LogP contribution in [0.1, 0.15) is 41.0 Å². The Kier molecular flexibility index (Phi) is 8.35. The first kappa shape index (κ1) is 25.9. The Hall–Kier alpha value is -1.76. The first-order chi connectivity index (χ1) is 15.7. The molecule has 0 aliphatic carbocycles. The molecule has 0 radical (unpaired) electrons. The molecule has 6 nitrogen and oxygen atoms in total. The third-order valence-electron chi connectivity index (χ3n) is 5.99. The normalized spacial score (nSPS) is 19.5. The zero-order chi connectivity index (χ0) is 24.1. The van der Waals surface area contributed by atoms with Gasteiger partial charge in [-0.05, 0) is 29.3 Å². The number of esters is 1. The molecule has 0 N–H and O–H groups in total. The minimum Gasteiger partial charge on any atom is -0.459 e. The highest BCUT2D eigenvalue weighted by molar-refractivity contribution is 7.54. The molecule has 1 aliphatic rings. The van der Waals surface area contributed by atoms with Crippen molar-refractivity contribution in [2.24, 2.45) is 0 Å². The smallest absolute Gasteiger partial charge is 0.338 e. The number of hydrogen-bond acceptors (Lipinski definition) is 6. The summed E-state index contributed by atoms with van der Waals surface area (Å²) in [6.45, 7) is 10.6. The quantitative estimate of drug-likeness (QED) is 0.277. The van der Waals surface area contributed by atoms with E-state index in [0.29, 0.717) is 0 Å². The maximum absolute atomic E-state index is 13.5. The van der Waals surface area contributed by atoms with E-state index in [1.807, 2.05) is 36.4 Å². The molecule has 1 heterocycles. The number of ether oxygens (including phenoxy) is 1. The van der Waals surface area contributed by atoms with Crippen molar-refractivity contribution in [1.82, 2.24) is 0 Å². The number of carbonyl (C=O) groups excluding carboxylic acids is 1. The van der Waals surface area contributed by atoms with Gasteiger partial charge < -0.3 is 18.2 Å². The minimum absolute atomic E-state index is 0.00789. The minimum atomic E-state index is -3.54. The first-order valence-corrected chi connectivity index (χ1v) is 15.0. The summed E-state index contributed by atoms with van der Waals surface area (Å²) in [4.78, 5) is 12.3. The van der Waals surface area contributed by atoms with Crippen molar-refractivity contribution in [3.05, 3.63) is 60.7 Å². The first-order valence-electron chi connectivity index (χ1n) is 11.5. The molecule has 3 rings (SSSR count). The van der Waals surface area contributed by atoms with Gasteiger partial charge in [0, 0.05) is 0 Å². The van der Waals surface area contributed by atoms with Crippen LogP contribution in [0.2, 0.25) is 5.04 Å². The summed E-state index contributed by atoms with van der Waals surface area (Å²) < 4.78 is 37.2. The predicted octanol–water partition coefficient (Wildman–Crippen LogP) is 4.51. The molecule has 0 aromatic heterocycles. The van der Waals surface area contributed by atoms with Crippen LogP contribution in [-0.4, -0.2) is 45.9 Å². The molecular formula is C25H35O6PSi. The molecule has 0 bridgehead atoms. The number of rotatable bonds is 10. The molecule has 0 spiro atoms. The highest BCUT2D eigenvalue weighted by Gasteiger charge is 2.54. The van der Waals surface area contributed by atoms with Crippen molar-refractivity contribution in [3.63, 3.8) is 0 Å². The zero-order valence-electron chi connectivity index (χ0n) is 20.2. The fourth-order valence-corrected chi connectivity index (χ4v) is 11.3. The molecular weight excluding hydrogens is 455 g/mol. The summed E-state index contributed by atoms with van der Waals surface area (Å²) in [5.74, 6) is -0.407. The average molecular weight is 491 g/mol. The highest BCUT2D eigenvalue weighted by atomic mass is 31.2. The summed E-state index contributed by atoms with van der Waals surface area (Å²) in [6.07, 6.45) is -0.713. The number of benzene rings is 2.